The van der Waals surface area contributed by atoms with Gasteiger partial charge < -0.3 is 15.2 Å². The molecule has 0 aliphatic carbocycles. The maximum Gasteiger partial charge on any atom is 0.340 e. The summed E-state index contributed by atoms with van der Waals surface area (Å²) in [7, 11) is -3.94. The topological polar surface area (TPSA) is 111 Å². The van der Waals surface area contributed by atoms with Gasteiger partial charge in [-0.2, -0.15) is 8.42 Å². The van der Waals surface area contributed by atoms with Gasteiger partial charge in [-0.3, -0.25) is 9.78 Å². The van der Waals surface area contributed by atoms with Gasteiger partial charge in [-0.05, 0) is 41.8 Å². The number of hydrogen-bond donors (Lipinski definition) is 2. The minimum absolute atomic E-state index is 0.0191. The first-order chi connectivity index (χ1) is 11.0. The van der Waals surface area contributed by atoms with E-state index in [0.29, 0.717) is 13.0 Å². The number of nitrogens with zero attached hydrogens (tertiary/aromatic N) is 1. The summed E-state index contributed by atoms with van der Waals surface area (Å²) in [6.07, 6.45) is 3.36. The van der Waals surface area contributed by atoms with E-state index < -0.39 is 22.1 Å². The van der Waals surface area contributed by atoms with Crippen LogP contribution in [-0.4, -0.2) is 25.9 Å². The van der Waals surface area contributed by atoms with Gasteiger partial charge in [0.1, 0.15) is 16.7 Å². The monoisotopic (exact) mass is 333 g/mol. The number of aromatic nitrogens is 1. The fourth-order valence-electron chi connectivity index (χ4n) is 2.52. The number of amides is 1. The molecule has 1 unspecified atom stereocenters. The summed E-state index contributed by atoms with van der Waals surface area (Å²) in [4.78, 5) is 15.2. The molecule has 2 heterocycles. The molecule has 1 aromatic carbocycles. The molecule has 3 rings (SSSR count). The average Bonchev–Trinajstić information content (AvgIpc) is 2.54. The van der Waals surface area contributed by atoms with Gasteiger partial charge in [0.05, 0.1) is 0 Å². The normalized spacial score (nSPS) is 17.3. The van der Waals surface area contributed by atoms with Crippen LogP contribution in [0.3, 0.4) is 0 Å². The highest BCUT2D eigenvalue weighted by Crippen LogP contribution is 2.28. The van der Waals surface area contributed by atoms with E-state index in [1.807, 2.05) is 0 Å². The molecule has 8 heteroatoms. The first-order valence-electron chi connectivity index (χ1n) is 6.97. The molecule has 0 bridgehead atoms. The van der Waals surface area contributed by atoms with E-state index in [1.165, 1.54) is 30.6 Å². The van der Waals surface area contributed by atoms with Gasteiger partial charge in [-0.15, -0.1) is 0 Å². The highest BCUT2D eigenvalue weighted by atomic mass is 32.2. The summed E-state index contributed by atoms with van der Waals surface area (Å²) in [5, 5.41) is 3.03. The Bertz CT molecular complexity index is 837. The van der Waals surface area contributed by atoms with E-state index in [1.54, 1.807) is 12.1 Å². The zero-order valence-corrected chi connectivity index (χ0v) is 12.9. The number of benzene rings is 1. The van der Waals surface area contributed by atoms with Crippen LogP contribution in [0.5, 0.6) is 5.75 Å². The standard InChI is InChI=1S/C15H15N3O4S/c16-15(19)14-13-4-3-11(8-10(13)5-7-18-14)22-23(20,21)12-2-1-6-17-9-12/h1-4,6,8-9,14,18H,5,7H2,(H2,16,19). The predicted octanol–water partition coefficient (Wildman–Crippen LogP) is 0.521. The molecule has 1 amide bonds. The molecule has 7 nitrogen and oxygen atoms in total. The molecule has 1 aromatic heterocycles. The smallest absolute Gasteiger partial charge is 0.340 e. The molecule has 1 aliphatic rings. The van der Waals surface area contributed by atoms with Crippen LogP contribution in [0, 0.1) is 0 Å². The maximum atomic E-state index is 12.2. The molecule has 0 radical (unpaired) electrons. The van der Waals surface area contributed by atoms with E-state index in [4.69, 9.17) is 9.92 Å². The van der Waals surface area contributed by atoms with Gasteiger partial charge in [0.25, 0.3) is 0 Å². The van der Waals surface area contributed by atoms with Gasteiger partial charge in [-0.1, -0.05) is 6.07 Å². The lowest BCUT2D eigenvalue weighted by Crippen LogP contribution is -2.38. The van der Waals surface area contributed by atoms with Crippen LogP contribution in [0.15, 0.2) is 47.6 Å². The number of primary amides is 1. The second-order valence-electron chi connectivity index (χ2n) is 5.13. The number of hydrogen-bond acceptors (Lipinski definition) is 6. The minimum Gasteiger partial charge on any atom is -0.379 e. The third kappa shape index (κ3) is 3.17. The van der Waals surface area contributed by atoms with Crippen molar-refractivity contribution in [3.8, 4) is 5.75 Å². The van der Waals surface area contributed by atoms with Crippen LogP contribution < -0.4 is 15.2 Å². The highest BCUT2D eigenvalue weighted by molar-refractivity contribution is 7.87. The number of rotatable bonds is 4. The molecule has 3 N–H and O–H groups in total. The fraction of sp³-hybridized carbons (Fsp3) is 0.200. The number of fused-ring (bicyclic) bond motifs is 1. The van der Waals surface area contributed by atoms with Crippen molar-refractivity contribution in [2.75, 3.05) is 6.54 Å². The fourth-order valence-corrected chi connectivity index (χ4v) is 3.41. The van der Waals surface area contributed by atoms with Crippen molar-refractivity contribution in [2.24, 2.45) is 5.73 Å². The Hall–Kier alpha value is -2.45. The van der Waals surface area contributed by atoms with Gasteiger partial charge in [-0.25, -0.2) is 0 Å². The Kier molecular flexibility index (Phi) is 4.01. The summed E-state index contributed by atoms with van der Waals surface area (Å²) >= 11 is 0. The zero-order valence-electron chi connectivity index (χ0n) is 12.1. The number of carbonyl (C=O) groups is 1. The molecule has 120 valence electrons. The zero-order chi connectivity index (χ0) is 16.4. The molecule has 1 aliphatic heterocycles. The molecule has 1 atom stereocenters. The van der Waals surface area contributed by atoms with Crippen LogP contribution in [0.1, 0.15) is 17.2 Å². The Morgan fingerprint density at radius 3 is 2.87 bits per heavy atom. The minimum atomic E-state index is -3.94. The van der Waals surface area contributed by atoms with Crippen LogP contribution in [-0.2, 0) is 21.3 Å². The lowest BCUT2D eigenvalue weighted by Gasteiger charge is -2.24. The molecular formula is C15H15N3O4S. The van der Waals surface area contributed by atoms with Crippen LogP contribution in [0.25, 0.3) is 0 Å². The van der Waals surface area contributed by atoms with E-state index in [0.717, 1.165) is 11.1 Å². The van der Waals surface area contributed by atoms with E-state index in [2.05, 4.69) is 10.3 Å². The third-order valence-corrected chi connectivity index (χ3v) is 4.81. The first kappa shape index (κ1) is 15.4. The Morgan fingerprint density at radius 1 is 1.35 bits per heavy atom. The summed E-state index contributed by atoms with van der Waals surface area (Å²) in [5.74, 6) is -0.277. The van der Waals surface area contributed by atoms with Gasteiger partial charge >= 0.3 is 10.1 Å². The lowest BCUT2D eigenvalue weighted by atomic mass is 9.94. The van der Waals surface area contributed by atoms with E-state index >= 15 is 0 Å². The first-order valence-corrected chi connectivity index (χ1v) is 8.38. The molecule has 0 fully saturated rings. The largest absolute Gasteiger partial charge is 0.379 e. The molecule has 0 saturated heterocycles. The average molecular weight is 333 g/mol. The van der Waals surface area contributed by atoms with Crippen molar-refractivity contribution in [3.05, 3.63) is 53.9 Å². The highest BCUT2D eigenvalue weighted by Gasteiger charge is 2.25. The summed E-state index contributed by atoms with van der Waals surface area (Å²) in [6, 6.07) is 7.16. The predicted molar refractivity (Wildman–Crippen MR) is 82.1 cm³/mol. The Morgan fingerprint density at radius 2 is 2.17 bits per heavy atom. The molecule has 0 spiro atoms. The third-order valence-electron chi connectivity index (χ3n) is 3.58. The Labute approximate surface area is 133 Å². The van der Waals surface area contributed by atoms with Crippen molar-refractivity contribution in [1.82, 2.24) is 10.3 Å². The summed E-state index contributed by atoms with van der Waals surface area (Å²) in [5.41, 5.74) is 6.95. The number of nitrogens with two attached hydrogens (primary N) is 1. The number of nitrogens with one attached hydrogen (secondary N) is 1. The summed E-state index contributed by atoms with van der Waals surface area (Å²) < 4.78 is 29.5. The SMILES string of the molecule is NC(=O)C1NCCc2cc(OS(=O)(=O)c3cccnc3)ccc21. The van der Waals surface area contributed by atoms with Gasteiger partial charge in [0, 0.05) is 18.9 Å². The summed E-state index contributed by atoms with van der Waals surface area (Å²) in [6.45, 7) is 0.583. The van der Waals surface area contributed by atoms with E-state index in [-0.39, 0.29) is 10.6 Å². The quantitative estimate of drug-likeness (QED) is 0.789. The van der Waals surface area contributed by atoms with Crippen molar-refractivity contribution < 1.29 is 17.4 Å². The van der Waals surface area contributed by atoms with Crippen LogP contribution >= 0.6 is 0 Å². The molecule has 2 aromatic rings. The van der Waals surface area contributed by atoms with E-state index in [9.17, 15) is 13.2 Å². The van der Waals surface area contributed by atoms with Crippen molar-refractivity contribution in [2.45, 2.75) is 17.4 Å². The van der Waals surface area contributed by atoms with Crippen molar-refractivity contribution in [1.29, 1.82) is 0 Å². The maximum absolute atomic E-state index is 12.2. The second-order valence-corrected chi connectivity index (χ2v) is 6.67. The van der Waals surface area contributed by atoms with Crippen LogP contribution in [0.2, 0.25) is 0 Å². The van der Waals surface area contributed by atoms with Crippen LogP contribution in [0.4, 0.5) is 0 Å². The number of carbonyl (C=O) groups excluding carboxylic acids is 1. The Balaban J connectivity index is 1.90. The second kappa shape index (κ2) is 5.98. The van der Waals surface area contributed by atoms with Crippen molar-refractivity contribution >= 4 is 16.0 Å². The molecular weight excluding hydrogens is 318 g/mol. The molecule has 0 saturated carbocycles. The van der Waals surface area contributed by atoms with Gasteiger partial charge in [0.15, 0.2) is 0 Å². The van der Waals surface area contributed by atoms with Crippen molar-refractivity contribution in [3.63, 3.8) is 0 Å². The molecule has 23 heavy (non-hydrogen) atoms. The number of pyridine rings is 1. The lowest BCUT2D eigenvalue weighted by molar-refractivity contribution is -0.120. The van der Waals surface area contributed by atoms with Gasteiger partial charge in [0.2, 0.25) is 5.91 Å².